The summed E-state index contributed by atoms with van der Waals surface area (Å²) in [5.41, 5.74) is 8.95. The number of nitrogens with one attached hydrogen (secondary N) is 3. The molecule has 1 fully saturated rings. The highest BCUT2D eigenvalue weighted by atomic mass is 79.9. The van der Waals surface area contributed by atoms with Crippen LogP contribution in [0, 0.1) is 6.92 Å². The smallest absolute Gasteiger partial charge is 0.251 e. The number of amides is 2. The Labute approximate surface area is 261 Å². The molecule has 11 nitrogen and oxygen atoms in total. The Bertz CT molecular complexity index is 1540. The lowest BCUT2D eigenvalue weighted by atomic mass is 10.1. The minimum Gasteiger partial charge on any atom is -0.366 e. The van der Waals surface area contributed by atoms with Gasteiger partial charge >= 0.3 is 0 Å². The van der Waals surface area contributed by atoms with E-state index < -0.39 is 15.9 Å². The molecule has 5 N–H and O–H groups in total. The number of carbonyl (C=O) groups excluding carboxylic acids is 2. The number of sulfonamides is 1. The highest BCUT2D eigenvalue weighted by Gasteiger charge is 2.28. The highest BCUT2D eigenvalue weighted by Crippen LogP contribution is 2.28. The fourth-order valence-corrected chi connectivity index (χ4v) is 6.62. The van der Waals surface area contributed by atoms with Gasteiger partial charge in [-0.3, -0.25) is 9.59 Å². The molecule has 230 valence electrons. The van der Waals surface area contributed by atoms with Gasteiger partial charge < -0.3 is 21.7 Å². The van der Waals surface area contributed by atoms with Gasteiger partial charge in [-0.05, 0) is 77.9 Å². The number of benzene rings is 2. The van der Waals surface area contributed by atoms with Gasteiger partial charge in [-0.15, -0.1) is 0 Å². The zero-order valence-electron chi connectivity index (χ0n) is 24.4. The molecule has 13 heteroatoms. The van der Waals surface area contributed by atoms with Gasteiger partial charge in [0.2, 0.25) is 16.0 Å². The third-order valence-corrected chi connectivity index (χ3v) is 9.83. The van der Waals surface area contributed by atoms with Crippen LogP contribution in [0.2, 0.25) is 0 Å². The topological polar surface area (TPSA) is 159 Å². The molecule has 2 amide bonds. The number of anilines is 3. The summed E-state index contributed by atoms with van der Waals surface area (Å²) in [5, 5.41) is 9.18. The number of nitrogens with two attached hydrogens (primary N) is 1. The lowest BCUT2D eigenvalue weighted by Gasteiger charge is -2.31. The van der Waals surface area contributed by atoms with E-state index in [9.17, 15) is 18.0 Å². The van der Waals surface area contributed by atoms with Gasteiger partial charge in [0.15, 0.2) is 0 Å². The second kappa shape index (κ2) is 14.8. The summed E-state index contributed by atoms with van der Waals surface area (Å²) in [6.45, 7) is 4.68. The molecule has 0 saturated carbocycles. The molecule has 0 spiro atoms. The van der Waals surface area contributed by atoms with Crippen LogP contribution in [0.4, 0.5) is 17.5 Å². The molecule has 43 heavy (non-hydrogen) atoms. The number of hydrogen-bond donors (Lipinski definition) is 4. The number of aryl methyl sites for hydroxylation is 2. The first-order valence-corrected chi connectivity index (χ1v) is 16.8. The van der Waals surface area contributed by atoms with E-state index in [0.29, 0.717) is 59.0 Å². The number of nitrogens with zero attached hydrogens (tertiary/aromatic N) is 3. The van der Waals surface area contributed by atoms with Crippen LogP contribution >= 0.6 is 15.9 Å². The quantitative estimate of drug-likeness (QED) is 0.208. The Hall–Kier alpha value is -3.55. The van der Waals surface area contributed by atoms with E-state index in [1.807, 2.05) is 31.2 Å². The predicted octanol–water partition coefficient (Wildman–Crippen LogP) is 4.37. The third kappa shape index (κ3) is 8.74. The number of piperidine rings is 1. The molecule has 0 aliphatic carbocycles. The number of halogens is 1. The van der Waals surface area contributed by atoms with Gasteiger partial charge in [0.1, 0.15) is 5.82 Å². The molecule has 0 unspecified atom stereocenters. The van der Waals surface area contributed by atoms with E-state index in [1.165, 1.54) is 9.87 Å². The molecule has 0 radical (unpaired) electrons. The number of rotatable bonds is 13. The van der Waals surface area contributed by atoms with Crippen LogP contribution < -0.4 is 21.7 Å². The summed E-state index contributed by atoms with van der Waals surface area (Å²) in [4.78, 5) is 33.4. The maximum atomic E-state index is 13.0. The summed E-state index contributed by atoms with van der Waals surface area (Å²) in [7, 11) is -3.53. The summed E-state index contributed by atoms with van der Waals surface area (Å²) in [6.07, 6.45) is 5.93. The van der Waals surface area contributed by atoms with Crippen molar-refractivity contribution in [1.29, 1.82) is 0 Å². The third-order valence-electron chi connectivity index (χ3n) is 7.38. The van der Waals surface area contributed by atoms with Crippen LogP contribution in [0.15, 0.2) is 53.1 Å². The zero-order chi connectivity index (χ0) is 31.0. The SMILES string of the molecule is CCCCc1ccc(C(=O)NCCS(=O)(=O)N2CCC(Nc3ncc(Br)c(Nc4cccc(C)c4C(N)=O)n3)CC2)cc1. The number of unbranched alkanes of at least 4 members (excludes halogenated alkanes) is 1. The molecular weight excluding hydrogens is 634 g/mol. The lowest BCUT2D eigenvalue weighted by Crippen LogP contribution is -2.45. The van der Waals surface area contributed by atoms with Gasteiger partial charge in [-0.2, -0.15) is 4.98 Å². The van der Waals surface area contributed by atoms with E-state index in [2.05, 4.69) is 48.8 Å². The van der Waals surface area contributed by atoms with Gasteiger partial charge in [0, 0.05) is 37.4 Å². The molecule has 3 aromatic rings. The second-order valence-electron chi connectivity index (χ2n) is 10.6. The molecule has 1 aliphatic rings. The van der Waals surface area contributed by atoms with Gasteiger partial charge in [0.05, 0.1) is 21.5 Å². The average molecular weight is 673 g/mol. The van der Waals surface area contributed by atoms with Crippen molar-refractivity contribution >= 4 is 55.2 Å². The maximum Gasteiger partial charge on any atom is 0.251 e. The number of aromatic nitrogens is 2. The Kier molecular flexibility index (Phi) is 11.1. The minimum atomic E-state index is -3.53. The van der Waals surface area contributed by atoms with Crippen molar-refractivity contribution in [3.05, 3.63) is 75.4 Å². The van der Waals surface area contributed by atoms with Gasteiger partial charge in [-0.1, -0.05) is 37.6 Å². The fourth-order valence-electron chi connectivity index (χ4n) is 4.94. The molecule has 4 rings (SSSR count). The molecule has 0 atom stereocenters. The molecule has 1 aromatic heterocycles. The van der Waals surface area contributed by atoms with Crippen molar-refractivity contribution in [2.45, 2.75) is 52.0 Å². The molecule has 2 aromatic carbocycles. The largest absolute Gasteiger partial charge is 0.366 e. The summed E-state index contributed by atoms with van der Waals surface area (Å²) in [5.74, 6) is -0.151. The van der Waals surface area contributed by atoms with Gasteiger partial charge in [0.25, 0.3) is 11.8 Å². The Morgan fingerprint density at radius 1 is 1.12 bits per heavy atom. The molecule has 1 saturated heterocycles. The maximum absolute atomic E-state index is 13.0. The molecule has 2 heterocycles. The average Bonchev–Trinajstić information content (AvgIpc) is 2.98. The zero-order valence-corrected chi connectivity index (χ0v) is 26.8. The number of primary amides is 1. The van der Waals surface area contributed by atoms with E-state index in [-0.39, 0.29) is 24.2 Å². The Morgan fingerprint density at radius 3 is 2.51 bits per heavy atom. The first-order chi connectivity index (χ1) is 20.6. The Balaban J connectivity index is 1.27. The number of carbonyl (C=O) groups is 2. The Morgan fingerprint density at radius 2 is 1.84 bits per heavy atom. The van der Waals surface area contributed by atoms with Crippen molar-refractivity contribution in [1.82, 2.24) is 19.6 Å². The lowest BCUT2D eigenvalue weighted by molar-refractivity contribution is 0.0954. The van der Waals surface area contributed by atoms with E-state index in [1.54, 1.807) is 24.4 Å². The van der Waals surface area contributed by atoms with Crippen molar-refractivity contribution in [2.24, 2.45) is 5.73 Å². The van der Waals surface area contributed by atoms with E-state index in [0.717, 1.165) is 24.8 Å². The van der Waals surface area contributed by atoms with E-state index in [4.69, 9.17) is 5.73 Å². The predicted molar refractivity (Wildman–Crippen MR) is 172 cm³/mol. The van der Waals surface area contributed by atoms with Crippen molar-refractivity contribution in [3.63, 3.8) is 0 Å². The standard InChI is InChI=1S/C30H38BrN7O4S/c1-3-4-7-21-9-11-22(12-10-21)29(40)33-15-18-43(41,42)38-16-13-23(14-17-38)35-30-34-19-24(31)28(37-30)36-25-8-5-6-20(2)26(25)27(32)39/h5-6,8-12,19,23H,3-4,7,13-18H2,1-2H3,(H2,32,39)(H,33,40)(H2,34,35,36,37). The molecule has 1 aliphatic heterocycles. The van der Waals surface area contributed by atoms with Crippen LogP contribution in [0.5, 0.6) is 0 Å². The van der Waals surface area contributed by atoms with Crippen LogP contribution in [-0.4, -0.2) is 65.9 Å². The molecular formula is C30H38BrN7O4S. The van der Waals surface area contributed by atoms with Crippen LogP contribution in [-0.2, 0) is 16.4 Å². The van der Waals surface area contributed by atoms with Crippen molar-refractivity contribution < 1.29 is 18.0 Å². The van der Waals surface area contributed by atoms with Crippen LogP contribution in [0.1, 0.15) is 64.4 Å². The minimum absolute atomic E-state index is 0.0272. The van der Waals surface area contributed by atoms with Gasteiger partial charge in [-0.25, -0.2) is 17.7 Å². The van der Waals surface area contributed by atoms with Crippen LogP contribution in [0.3, 0.4) is 0 Å². The monoisotopic (exact) mass is 671 g/mol. The normalized spacial score (nSPS) is 14.3. The van der Waals surface area contributed by atoms with Crippen LogP contribution in [0.25, 0.3) is 0 Å². The fraction of sp³-hybridized carbons (Fsp3) is 0.400. The first kappa shape index (κ1) is 32.4. The second-order valence-corrected chi connectivity index (χ2v) is 13.5. The summed E-state index contributed by atoms with van der Waals surface area (Å²) in [6, 6.07) is 12.8. The summed E-state index contributed by atoms with van der Waals surface area (Å²) >= 11 is 3.45. The van der Waals surface area contributed by atoms with Crippen molar-refractivity contribution in [3.8, 4) is 0 Å². The number of hydrogen-bond acceptors (Lipinski definition) is 8. The first-order valence-electron chi connectivity index (χ1n) is 14.4. The van der Waals surface area contributed by atoms with E-state index >= 15 is 0 Å². The highest BCUT2D eigenvalue weighted by molar-refractivity contribution is 9.10. The molecule has 0 bridgehead atoms. The van der Waals surface area contributed by atoms with Crippen molar-refractivity contribution in [2.75, 3.05) is 36.0 Å². The summed E-state index contributed by atoms with van der Waals surface area (Å²) < 4.78 is 28.0.